The van der Waals surface area contributed by atoms with Crippen molar-refractivity contribution in [2.45, 2.75) is 6.18 Å². The Balaban J connectivity index is 2.39. The minimum atomic E-state index is -4.64. The molecule has 1 heterocycles. The van der Waals surface area contributed by atoms with Gasteiger partial charge in [-0.3, -0.25) is 4.68 Å². The summed E-state index contributed by atoms with van der Waals surface area (Å²) in [6, 6.07) is 2.89. The number of aryl methyl sites for hydroxylation is 1. The van der Waals surface area contributed by atoms with Crippen LogP contribution >= 0.6 is 11.6 Å². The molecule has 0 aliphatic carbocycles. The summed E-state index contributed by atoms with van der Waals surface area (Å²) in [4.78, 5) is 11.0. The molecule has 0 atom stereocenters. The maximum absolute atomic E-state index is 12.7. The van der Waals surface area contributed by atoms with Crippen LogP contribution in [0.2, 0.25) is 5.02 Å². The molecule has 0 radical (unpaired) electrons. The van der Waals surface area contributed by atoms with Gasteiger partial charge in [-0.05, 0) is 18.2 Å². The van der Waals surface area contributed by atoms with Crippen molar-refractivity contribution in [2.24, 2.45) is 7.05 Å². The summed E-state index contributed by atoms with van der Waals surface area (Å²) in [5.74, 6) is -1.82. The molecule has 112 valence electrons. The standard InChI is InChI=1S/C12H8ClF3N2O3/c1-18-5-7(11(19)20)10(17-18)21-6-2-3-9(13)8(4-6)12(14,15)16/h2-5H,1H3,(H,19,20). The first-order valence-electron chi connectivity index (χ1n) is 5.50. The number of ether oxygens (including phenoxy) is 1. The molecule has 0 unspecified atom stereocenters. The summed E-state index contributed by atoms with van der Waals surface area (Å²) >= 11 is 5.48. The molecule has 0 aliphatic heterocycles. The summed E-state index contributed by atoms with van der Waals surface area (Å²) in [7, 11) is 1.46. The van der Waals surface area contributed by atoms with Crippen molar-refractivity contribution in [1.29, 1.82) is 0 Å². The van der Waals surface area contributed by atoms with Crippen molar-refractivity contribution in [3.05, 3.63) is 40.5 Å². The van der Waals surface area contributed by atoms with Crippen LogP contribution < -0.4 is 4.74 Å². The number of nitrogens with zero attached hydrogens (tertiary/aromatic N) is 2. The van der Waals surface area contributed by atoms with Crippen LogP contribution in [0.1, 0.15) is 15.9 Å². The smallest absolute Gasteiger partial charge is 0.417 e. The Morgan fingerprint density at radius 3 is 2.67 bits per heavy atom. The third-order valence-electron chi connectivity index (χ3n) is 2.48. The number of carboxylic acid groups (broad SMARTS) is 1. The number of carboxylic acids is 1. The average Bonchev–Trinajstić information content (AvgIpc) is 2.71. The number of rotatable bonds is 3. The van der Waals surface area contributed by atoms with E-state index in [-0.39, 0.29) is 17.2 Å². The van der Waals surface area contributed by atoms with Gasteiger partial charge in [0, 0.05) is 13.2 Å². The normalized spacial score (nSPS) is 11.5. The second kappa shape index (κ2) is 5.28. The molecule has 0 saturated carbocycles. The Morgan fingerprint density at radius 1 is 1.43 bits per heavy atom. The minimum Gasteiger partial charge on any atom is -0.477 e. The van der Waals surface area contributed by atoms with E-state index in [4.69, 9.17) is 21.4 Å². The van der Waals surface area contributed by atoms with Gasteiger partial charge < -0.3 is 9.84 Å². The first kappa shape index (κ1) is 15.2. The van der Waals surface area contributed by atoms with Crippen LogP contribution in [0.25, 0.3) is 0 Å². The predicted octanol–water partition coefficient (Wildman–Crippen LogP) is 3.58. The maximum Gasteiger partial charge on any atom is 0.417 e. The Labute approximate surface area is 121 Å². The van der Waals surface area contributed by atoms with Gasteiger partial charge in [0.1, 0.15) is 11.3 Å². The van der Waals surface area contributed by atoms with Crippen molar-refractivity contribution < 1.29 is 27.8 Å². The van der Waals surface area contributed by atoms with Gasteiger partial charge in [-0.25, -0.2) is 4.79 Å². The van der Waals surface area contributed by atoms with Gasteiger partial charge in [0.05, 0.1) is 10.6 Å². The number of alkyl halides is 3. The molecule has 9 heteroatoms. The molecular formula is C12H8ClF3N2O3. The first-order valence-corrected chi connectivity index (χ1v) is 5.88. The molecule has 0 saturated heterocycles. The van der Waals surface area contributed by atoms with Gasteiger partial charge >= 0.3 is 12.1 Å². The van der Waals surface area contributed by atoms with Crippen molar-refractivity contribution in [3.63, 3.8) is 0 Å². The van der Waals surface area contributed by atoms with Crippen LogP contribution in [0.3, 0.4) is 0 Å². The maximum atomic E-state index is 12.7. The van der Waals surface area contributed by atoms with E-state index < -0.39 is 22.7 Å². The number of benzene rings is 1. The van der Waals surface area contributed by atoms with Crippen LogP contribution in [0.5, 0.6) is 11.6 Å². The third kappa shape index (κ3) is 3.27. The Bertz CT molecular complexity index is 698. The number of aromatic carboxylic acids is 1. The zero-order valence-electron chi connectivity index (χ0n) is 10.5. The lowest BCUT2D eigenvalue weighted by atomic mass is 10.2. The van der Waals surface area contributed by atoms with Gasteiger partial charge in [0.15, 0.2) is 0 Å². The lowest BCUT2D eigenvalue weighted by molar-refractivity contribution is -0.137. The Kier molecular flexibility index (Phi) is 3.82. The van der Waals surface area contributed by atoms with Crippen LogP contribution in [0.15, 0.2) is 24.4 Å². The Hall–Kier alpha value is -2.22. The Morgan fingerprint density at radius 2 is 2.10 bits per heavy atom. The second-order valence-corrected chi connectivity index (χ2v) is 4.48. The molecule has 0 amide bonds. The number of carbonyl (C=O) groups is 1. The topological polar surface area (TPSA) is 64.4 Å². The average molecular weight is 321 g/mol. The van der Waals surface area contributed by atoms with E-state index >= 15 is 0 Å². The second-order valence-electron chi connectivity index (χ2n) is 4.07. The highest BCUT2D eigenvalue weighted by Gasteiger charge is 2.33. The highest BCUT2D eigenvalue weighted by Crippen LogP contribution is 2.37. The summed E-state index contributed by atoms with van der Waals surface area (Å²) in [5.41, 5.74) is -1.34. The highest BCUT2D eigenvalue weighted by molar-refractivity contribution is 6.31. The highest BCUT2D eigenvalue weighted by atomic mass is 35.5. The fourth-order valence-corrected chi connectivity index (χ4v) is 1.81. The number of aromatic nitrogens is 2. The predicted molar refractivity (Wildman–Crippen MR) is 66.7 cm³/mol. The molecule has 0 aliphatic rings. The number of hydrogen-bond donors (Lipinski definition) is 1. The van der Waals surface area contributed by atoms with Crippen LogP contribution in [0.4, 0.5) is 13.2 Å². The molecule has 1 N–H and O–H groups in total. The van der Waals surface area contributed by atoms with Gasteiger partial charge in [-0.2, -0.15) is 13.2 Å². The van der Waals surface area contributed by atoms with Gasteiger partial charge in [-0.15, -0.1) is 5.10 Å². The molecule has 1 aromatic heterocycles. The molecular weight excluding hydrogens is 313 g/mol. The van der Waals surface area contributed by atoms with E-state index in [1.54, 1.807) is 0 Å². The SMILES string of the molecule is Cn1cc(C(=O)O)c(Oc2ccc(Cl)c(C(F)(F)F)c2)n1. The van der Waals surface area contributed by atoms with Crippen molar-refractivity contribution in [2.75, 3.05) is 0 Å². The molecule has 0 fully saturated rings. The molecule has 21 heavy (non-hydrogen) atoms. The fourth-order valence-electron chi connectivity index (χ4n) is 1.59. The largest absolute Gasteiger partial charge is 0.477 e. The molecule has 2 rings (SSSR count). The van der Waals surface area contributed by atoms with Gasteiger partial charge in [0.2, 0.25) is 0 Å². The van der Waals surface area contributed by atoms with Crippen molar-refractivity contribution in [3.8, 4) is 11.6 Å². The number of hydrogen-bond acceptors (Lipinski definition) is 3. The summed E-state index contributed by atoms with van der Waals surface area (Å²) < 4.78 is 44.5. The van der Waals surface area contributed by atoms with E-state index in [2.05, 4.69) is 5.10 Å². The van der Waals surface area contributed by atoms with E-state index in [1.807, 2.05) is 0 Å². The molecule has 1 aromatic carbocycles. The molecule has 0 bridgehead atoms. The van der Waals surface area contributed by atoms with Crippen LogP contribution in [0, 0.1) is 0 Å². The molecule has 5 nitrogen and oxygen atoms in total. The van der Waals surface area contributed by atoms with E-state index in [9.17, 15) is 18.0 Å². The third-order valence-corrected chi connectivity index (χ3v) is 2.81. The molecule has 2 aromatic rings. The monoisotopic (exact) mass is 320 g/mol. The quantitative estimate of drug-likeness (QED) is 0.938. The first-order chi connectivity index (χ1) is 9.68. The van der Waals surface area contributed by atoms with E-state index in [1.165, 1.54) is 24.0 Å². The van der Waals surface area contributed by atoms with Crippen molar-refractivity contribution >= 4 is 17.6 Å². The zero-order valence-corrected chi connectivity index (χ0v) is 11.2. The lowest BCUT2D eigenvalue weighted by Crippen LogP contribution is -2.06. The zero-order chi connectivity index (χ0) is 15.8. The summed E-state index contributed by atoms with van der Waals surface area (Å²) in [6.07, 6.45) is -3.46. The van der Waals surface area contributed by atoms with Crippen molar-refractivity contribution in [1.82, 2.24) is 9.78 Å². The lowest BCUT2D eigenvalue weighted by Gasteiger charge is -2.11. The van der Waals surface area contributed by atoms with Gasteiger partial charge in [-0.1, -0.05) is 11.6 Å². The fraction of sp³-hybridized carbons (Fsp3) is 0.167. The minimum absolute atomic E-state index is 0.215. The van der Waals surface area contributed by atoms with Crippen LogP contribution in [-0.4, -0.2) is 20.9 Å². The summed E-state index contributed by atoms with van der Waals surface area (Å²) in [5, 5.41) is 12.2. The molecule has 0 spiro atoms. The van der Waals surface area contributed by atoms with E-state index in [0.717, 1.165) is 6.07 Å². The number of halogens is 4. The van der Waals surface area contributed by atoms with E-state index in [0.29, 0.717) is 6.07 Å². The van der Waals surface area contributed by atoms with Crippen LogP contribution in [-0.2, 0) is 13.2 Å². The summed E-state index contributed by atoms with van der Waals surface area (Å²) in [6.45, 7) is 0. The van der Waals surface area contributed by atoms with Gasteiger partial charge in [0.25, 0.3) is 5.88 Å².